The van der Waals surface area contributed by atoms with Crippen molar-refractivity contribution >= 4 is 11.8 Å². The van der Waals surface area contributed by atoms with Gasteiger partial charge in [-0.05, 0) is 31.0 Å². The lowest BCUT2D eigenvalue weighted by molar-refractivity contribution is -0.133. The third kappa shape index (κ3) is 4.71. The van der Waals surface area contributed by atoms with Crippen LogP contribution in [0.4, 0.5) is 0 Å². The number of ether oxygens (including phenoxy) is 1. The maximum Gasteiger partial charge on any atom is 0.276 e. The van der Waals surface area contributed by atoms with Gasteiger partial charge < -0.3 is 19.0 Å². The molecule has 0 N–H and O–H groups in total. The average Bonchev–Trinajstić information content (AvgIpc) is 3.04. The van der Waals surface area contributed by atoms with E-state index in [9.17, 15) is 9.59 Å². The van der Waals surface area contributed by atoms with Crippen LogP contribution in [-0.2, 0) is 4.79 Å². The quantitative estimate of drug-likeness (QED) is 0.791. The molecule has 1 aromatic heterocycles. The summed E-state index contributed by atoms with van der Waals surface area (Å²) in [5.74, 6) is 1.18. The molecule has 28 heavy (non-hydrogen) atoms. The van der Waals surface area contributed by atoms with Gasteiger partial charge in [0.2, 0.25) is 0 Å². The second-order valence-corrected chi connectivity index (χ2v) is 7.35. The number of rotatable bonds is 5. The zero-order valence-electron chi connectivity index (χ0n) is 16.7. The molecule has 1 aromatic carbocycles. The molecule has 150 valence electrons. The summed E-state index contributed by atoms with van der Waals surface area (Å²) in [6, 6.07) is 7.63. The Morgan fingerprint density at radius 3 is 2.68 bits per heavy atom. The van der Waals surface area contributed by atoms with E-state index in [0.29, 0.717) is 43.4 Å². The van der Waals surface area contributed by atoms with Crippen molar-refractivity contribution in [3.63, 3.8) is 0 Å². The van der Waals surface area contributed by atoms with Gasteiger partial charge in [0.15, 0.2) is 18.7 Å². The van der Waals surface area contributed by atoms with E-state index in [-0.39, 0.29) is 24.3 Å². The van der Waals surface area contributed by atoms with E-state index >= 15 is 0 Å². The minimum Gasteiger partial charge on any atom is -0.484 e. The van der Waals surface area contributed by atoms with Gasteiger partial charge >= 0.3 is 0 Å². The van der Waals surface area contributed by atoms with Gasteiger partial charge in [-0.15, -0.1) is 0 Å². The molecule has 2 amide bonds. The molecule has 0 unspecified atom stereocenters. The number of aromatic nitrogens is 1. The Labute approximate surface area is 165 Å². The monoisotopic (exact) mass is 385 g/mol. The lowest BCUT2D eigenvalue weighted by atomic mass is 10.1. The van der Waals surface area contributed by atoms with Crippen LogP contribution in [0.2, 0.25) is 0 Å². The van der Waals surface area contributed by atoms with Gasteiger partial charge in [0.05, 0.1) is 0 Å². The minimum atomic E-state index is -0.136. The fourth-order valence-corrected chi connectivity index (χ4v) is 3.29. The SMILES string of the molecule is Cc1cccc(OCC(=O)N2CCCN(C(=O)c3ncoc3C(C)C)CC2)c1. The number of aryl methyl sites for hydroxylation is 1. The highest BCUT2D eigenvalue weighted by atomic mass is 16.5. The second-order valence-electron chi connectivity index (χ2n) is 7.35. The zero-order chi connectivity index (χ0) is 20.1. The number of amides is 2. The van der Waals surface area contributed by atoms with E-state index in [1.54, 1.807) is 9.80 Å². The first kappa shape index (κ1) is 19.9. The molecule has 7 heteroatoms. The normalized spacial score (nSPS) is 14.9. The van der Waals surface area contributed by atoms with Crippen LogP contribution >= 0.6 is 0 Å². The van der Waals surface area contributed by atoms with Crippen molar-refractivity contribution in [3.8, 4) is 5.75 Å². The van der Waals surface area contributed by atoms with E-state index < -0.39 is 0 Å². The maximum absolute atomic E-state index is 12.8. The first-order chi connectivity index (χ1) is 13.5. The number of carbonyl (C=O) groups excluding carboxylic acids is 2. The molecular weight excluding hydrogens is 358 g/mol. The van der Waals surface area contributed by atoms with Gasteiger partial charge in [-0.2, -0.15) is 0 Å². The zero-order valence-corrected chi connectivity index (χ0v) is 16.7. The van der Waals surface area contributed by atoms with Crippen molar-refractivity contribution in [2.75, 3.05) is 32.8 Å². The molecule has 3 rings (SSSR count). The van der Waals surface area contributed by atoms with Gasteiger partial charge in [-0.1, -0.05) is 26.0 Å². The summed E-state index contributed by atoms with van der Waals surface area (Å²) in [6.45, 7) is 8.06. The van der Waals surface area contributed by atoms with E-state index in [1.807, 2.05) is 45.0 Å². The number of nitrogens with zero attached hydrogens (tertiary/aromatic N) is 3. The van der Waals surface area contributed by atoms with E-state index in [0.717, 1.165) is 12.0 Å². The van der Waals surface area contributed by atoms with Gasteiger partial charge in [0.25, 0.3) is 11.8 Å². The molecule has 1 fully saturated rings. The summed E-state index contributed by atoms with van der Waals surface area (Å²) in [4.78, 5) is 33.0. The number of oxazole rings is 1. The Balaban J connectivity index is 1.56. The topological polar surface area (TPSA) is 75.9 Å². The van der Waals surface area contributed by atoms with E-state index in [1.165, 1.54) is 6.39 Å². The highest BCUT2D eigenvalue weighted by Crippen LogP contribution is 2.20. The number of carbonyl (C=O) groups is 2. The molecule has 7 nitrogen and oxygen atoms in total. The molecule has 1 aliphatic heterocycles. The number of benzene rings is 1. The van der Waals surface area contributed by atoms with Gasteiger partial charge in [-0.3, -0.25) is 9.59 Å². The molecule has 2 heterocycles. The van der Waals surface area contributed by atoms with Crippen molar-refractivity contribution in [3.05, 3.63) is 47.7 Å². The van der Waals surface area contributed by atoms with Gasteiger partial charge in [0.1, 0.15) is 11.5 Å². The second kappa shape index (κ2) is 8.91. The molecular formula is C21H27N3O4. The molecule has 0 aliphatic carbocycles. The third-order valence-electron chi connectivity index (χ3n) is 4.81. The van der Waals surface area contributed by atoms with Crippen molar-refractivity contribution < 1.29 is 18.7 Å². The van der Waals surface area contributed by atoms with Crippen molar-refractivity contribution in [1.82, 2.24) is 14.8 Å². The first-order valence-electron chi connectivity index (χ1n) is 9.65. The summed E-state index contributed by atoms with van der Waals surface area (Å²) >= 11 is 0. The summed E-state index contributed by atoms with van der Waals surface area (Å²) in [5.41, 5.74) is 1.46. The Bertz CT molecular complexity index is 831. The lowest BCUT2D eigenvalue weighted by Gasteiger charge is -2.22. The summed E-state index contributed by atoms with van der Waals surface area (Å²) < 4.78 is 11.0. The van der Waals surface area contributed by atoms with Crippen LogP contribution in [0.15, 0.2) is 35.1 Å². The van der Waals surface area contributed by atoms with Gasteiger partial charge in [-0.25, -0.2) is 4.98 Å². The molecule has 2 aromatic rings. The van der Waals surface area contributed by atoms with Crippen LogP contribution < -0.4 is 4.74 Å². The lowest BCUT2D eigenvalue weighted by Crippen LogP contribution is -2.39. The summed E-state index contributed by atoms with van der Waals surface area (Å²) in [6.07, 6.45) is 2.04. The predicted molar refractivity (Wildman–Crippen MR) is 104 cm³/mol. The van der Waals surface area contributed by atoms with Crippen LogP contribution in [0.1, 0.15) is 48.0 Å². The molecule has 0 bridgehead atoms. The molecule has 1 aliphatic rings. The fraction of sp³-hybridized carbons (Fsp3) is 0.476. The molecule has 0 spiro atoms. The first-order valence-corrected chi connectivity index (χ1v) is 9.65. The van der Waals surface area contributed by atoms with Crippen LogP contribution in [-0.4, -0.2) is 59.4 Å². The molecule has 0 atom stereocenters. The largest absolute Gasteiger partial charge is 0.484 e. The minimum absolute atomic E-state index is 0.00180. The predicted octanol–water partition coefficient (Wildman–Crippen LogP) is 2.86. The Morgan fingerprint density at radius 1 is 1.18 bits per heavy atom. The van der Waals surface area contributed by atoms with Crippen molar-refractivity contribution in [1.29, 1.82) is 0 Å². The van der Waals surface area contributed by atoms with Crippen molar-refractivity contribution in [2.24, 2.45) is 0 Å². The molecule has 0 radical (unpaired) electrons. The fourth-order valence-electron chi connectivity index (χ4n) is 3.29. The maximum atomic E-state index is 12.8. The molecule has 1 saturated heterocycles. The highest BCUT2D eigenvalue weighted by molar-refractivity contribution is 5.93. The standard InChI is InChI=1S/C21H27N3O4/c1-15(2)20-19(22-14-28-20)21(26)24-9-5-8-23(10-11-24)18(25)13-27-17-7-4-6-16(3)12-17/h4,6-7,12,14-15H,5,8-11,13H2,1-3H3. The van der Waals surface area contributed by atoms with Crippen LogP contribution in [0, 0.1) is 6.92 Å². The molecule has 0 saturated carbocycles. The summed E-state index contributed by atoms with van der Waals surface area (Å²) in [7, 11) is 0. The highest BCUT2D eigenvalue weighted by Gasteiger charge is 2.27. The van der Waals surface area contributed by atoms with Gasteiger partial charge in [0, 0.05) is 32.1 Å². The Kier molecular flexibility index (Phi) is 6.34. The van der Waals surface area contributed by atoms with Crippen LogP contribution in [0.5, 0.6) is 5.75 Å². The smallest absolute Gasteiger partial charge is 0.276 e. The van der Waals surface area contributed by atoms with Crippen LogP contribution in [0.25, 0.3) is 0 Å². The number of hydrogen-bond acceptors (Lipinski definition) is 5. The van der Waals surface area contributed by atoms with Crippen LogP contribution in [0.3, 0.4) is 0 Å². The number of hydrogen-bond donors (Lipinski definition) is 0. The average molecular weight is 385 g/mol. The Hall–Kier alpha value is -2.83. The van der Waals surface area contributed by atoms with E-state index in [4.69, 9.17) is 9.15 Å². The van der Waals surface area contributed by atoms with E-state index in [2.05, 4.69) is 4.98 Å². The summed E-state index contributed by atoms with van der Waals surface area (Å²) in [5, 5.41) is 0. The Morgan fingerprint density at radius 2 is 1.93 bits per heavy atom. The third-order valence-corrected chi connectivity index (χ3v) is 4.81. The van der Waals surface area contributed by atoms with Crippen molar-refractivity contribution in [2.45, 2.75) is 33.1 Å².